The molecular weight excluding hydrogens is 412 g/mol. The highest BCUT2D eigenvalue weighted by atomic mass is 32.2. The number of methoxy groups -OCH3 is 1. The van der Waals surface area contributed by atoms with E-state index in [-0.39, 0.29) is 16.8 Å². The monoisotopic (exact) mass is 438 g/mol. The van der Waals surface area contributed by atoms with Gasteiger partial charge in [0, 0.05) is 11.3 Å². The quantitative estimate of drug-likeness (QED) is 0.535. The molecule has 31 heavy (non-hydrogen) atoms. The Bertz CT molecular complexity index is 1120. The number of carbonyl (C=O) groups excluding carboxylic acids is 1. The van der Waals surface area contributed by atoms with E-state index in [1.807, 2.05) is 38.1 Å². The van der Waals surface area contributed by atoms with Crippen molar-refractivity contribution in [1.82, 2.24) is 5.32 Å². The number of amides is 1. The molecule has 2 N–H and O–H groups in total. The third-order valence-electron chi connectivity index (χ3n) is 4.96. The number of nitrogens with one attached hydrogen (secondary N) is 2. The lowest BCUT2D eigenvalue weighted by atomic mass is 10.0. The Kier molecular flexibility index (Phi) is 6.97. The molecule has 1 atom stereocenters. The zero-order chi connectivity index (χ0) is 22.4. The highest BCUT2D eigenvalue weighted by Gasteiger charge is 2.16. The summed E-state index contributed by atoms with van der Waals surface area (Å²) in [5, 5.41) is 3.02. The smallest absolute Gasteiger partial charge is 0.261 e. The second-order valence-electron chi connectivity index (χ2n) is 7.20. The topological polar surface area (TPSA) is 84.5 Å². The fourth-order valence-corrected chi connectivity index (χ4v) is 4.18. The summed E-state index contributed by atoms with van der Waals surface area (Å²) in [5.74, 6) is 0.532. The number of anilines is 1. The fourth-order valence-electron chi connectivity index (χ4n) is 3.12. The van der Waals surface area contributed by atoms with Crippen LogP contribution in [0.5, 0.6) is 5.75 Å². The van der Waals surface area contributed by atoms with E-state index in [9.17, 15) is 13.2 Å². The van der Waals surface area contributed by atoms with Gasteiger partial charge in [-0.05, 0) is 67.4 Å². The van der Waals surface area contributed by atoms with Crippen LogP contribution in [0.2, 0.25) is 0 Å². The maximum absolute atomic E-state index is 12.7. The zero-order valence-corrected chi connectivity index (χ0v) is 18.6. The van der Waals surface area contributed by atoms with Gasteiger partial charge >= 0.3 is 0 Å². The number of aryl methyl sites for hydroxylation is 1. The first-order valence-electron chi connectivity index (χ1n) is 9.96. The molecule has 0 aliphatic heterocycles. The number of rotatable bonds is 8. The van der Waals surface area contributed by atoms with Gasteiger partial charge in [0.1, 0.15) is 5.75 Å². The van der Waals surface area contributed by atoms with Gasteiger partial charge < -0.3 is 10.1 Å². The zero-order valence-electron chi connectivity index (χ0n) is 17.8. The van der Waals surface area contributed by atoms with Crippen LogP contribution in [0.4, 0.5) is 5.69 Å². The molecule has 0 heterocycles. The summed E-state index contributed by atoms with van der Waals surface area (Å²) in [5.41, 5.74) is 2.80. The highest BCUT2D eigenvalue weighted by molar-refractivity contribution is 7.92. The molecule has 162 valence electrons. The first-order chi connectivity index (χ1) is 14.8. The summed E-state index contributed by atoms with van der Waals surface area (Å²) >= 11 is 0. The van der Waals surface area contributed by atoms with Crippen molar-refractivity contribution in [3.8, 4) is 5.75 Å². The van der Waals surface area contributed by atoms with E-state index in [2.05, 4.69) is 10.0 Å². The molecule has 0 aromatic heterocycles. The van der Waals surface area contributed by atoms with E-state index < -0.39 is 10.0 Å². The SMILES string of the molecule is CC[C@H](NC(=O)c1ccc(NS(=O)(=O)c2ccc(C)cc2)cc1)c1ccc(OC)cc1. The van der Waals surface area contributed by atoms with Gasteiger partial charge in [0.25, 0.3) is 15.9 Å². The van der Waals surface area contributed by atoms with Crippen LogP contribution >= 0.6 is 0 Å². The summed E-state index contributed by atoms with van der Waals surface area (Å²) in [4.78, 5) is 12.9. The number of ether oxygens (including phenoxy) is 1. The van der Waals surface area contributed by atoms with E-state index in [0.717, 1.165) is 23.3 Å². The second kappa shape index (κ2) is 9.66. The van der Waals surface area contributed by atoms with Gasteiger partial charge in [0.15, 0.2) is 0 Å². The predicted molar refractivity (Wildman–Crippen MR) is 122 cm³/mol. The van der Waals surface area contributed by atoms with Crippen molar-refractivity contribution in [3.05, 3.63) is 89.5 Å². The average Bonchev–Trinajstić information content (AvgIpc) is 2.78. The minimum atomic E-state index is -3.69. The molecule has 0 aliphatic rings. The molecule has 1 amide bonds. The maximum Gasteiger partial charge on any atom is 0.261 e. The first-order valence-corrected chi connectivity index (χ1v) is 11.4. The van der Waals surface area contributed by atoms with Crippen molar-refractivity contribution in [2.45, 2.75) is 31.2 Å². The Labute approximate surface area is 183 Å². The predicted octanol–water partition coefficient (Wildman–Crippen LogP) is 4.69. The van der Waals surface area contributed by atoms with Crippen molar-refractivity contribution in [1.29, 1.82) is 0 Å². The summed E-state index contributed by atoms with van der Waals surface area (Å²) in [6.45, 7) is 3.89. The maximum atomic E-state index is 12.7. The molecule has 0 radical (unpaired) electrons. The number of benzene rings is 3. The Balaban J connectivity index is 1.68. The molecule has 7 heteroatoms. The van der Waals surface area contributed by atoms with Gasteiger partial charge in [-0.2, -0.15) is 0 Å². The number of hydrogen-bond donors (Lipinski definition) is 2. The molecule has 0 saturated heterocycles. The van der Waals surface area contributed by atoms with Gasteiger partial charge in [-0.3, -0.25) is 9.52 Å². The minimum Gasteiger partial charge on any atom is -0.497 e. The Morgan fingerprint density at radius 1 is 0.935 bits per heavy atom. The molecule has 0 unspecified atom stereocenters. The molecule has 3 rings (SSSR count). The van der Waals surface area contributed by atoms with Crippen molar-refractivity contribution < 1.29 is 17.9 Å². The lowest BCUT2D eigenvalue weighted by Gasteiger charge is -2.18. The van der Waals surface area contributed by atoms with E-state index in [1.54, 1.807) is 55.6 Å². The van der Waals surface area contributed by atoms with Crippen molar-refractivity contribution in [2.75, 3.05) is 11.8 Å². The van der Waals surface area contributed by atoms with Crippen LogP contribution in [-0.4, -0.2) is 21.4 Å². The summed E-state index contributed by atoms with van der Waals surface area (Å²) < 4.78 is 32.8. The third kappa shape index (κ3) is 5.64. The van der Waals surface area contributed by atoms with E-state index in [1.165, 1.54) is 0 Å². The molecule has 0 spiro atoms. The summed E-state index contributed by atoms with van der Waals surface area (Å²) in [6.07, 6.45) is 0.729. The van der Waals surface area contributed by atoms with Gasteiger partial charge in [-0.25, -0.2) is 8.42 Å². The summed E-state index contributed by atoms with van der Waals surface area (Å²) in [7, 11) is -2.08. The summed E-state index contributed by atoms with van der Waals surface area (Å²) in [6, 6.07) is 20.4. The first kappa shape index (κ1) is 22.4. The average molecular weight is 439 g/mol. The molecule has 6 nitrogen and oxygen atoms in total. The molecule has 0 aliphatic carbocycles. The fraction of sp³-hybridized carbons (Fsp3) is 0.208. The van der Waals surface area contributed by atoms with Crippen LogP contribution in [0.15, 0.2) is 77.7 Å². The molecule has 3 aromatic carbocycles. The van der Waals surface area contributed by atoms with Crippen LogP contribution < -0.4 is 14.8 Å². The van der Waals surface area contributed by atoms with E-state index in [0.29, 0.717) is 11.3 Å². The Morgan fingerprint density at radius 3 is 2.10 bits per heavy atom. The molecule has 0 saturated carbocycles. The van der Waals surface area contributed by atoms with Crippen LogP contribution in [0.3, 0.4) is 0 Å². The van der Waals surface area contributed by atoms with Crippen LogP contribution in [-0.2, 0) is 10.0 Å². The third-order valence-corrected chi connectivity index (χ3v) is 6.36. The largest absolute Gasteiger partial charge is 0.497 e. The van der Waals surface area contributed by atoms with Gasteiger partial charge in [-0.1, -0.05) is 36.8 Å². The molecule has 3 aromatic rings. The number of sulfonamides is 1. The van der Waals surface area contributed by atoms with E-state index >= 15 is 0 Å². The standard InChI is InChI=1S/C24H26N2O4S/c1-4-23(18-9-13-21(30-3)14-10-18)25-24(27)19-7-11-20(12-8-19)26-31(28,29)22-15-5-17(2)6-16-22/h5-16,23,26H,4H2,1-3H3,(H,25,27)/t23-/m0/s1. The van der Waals surface area contributed by atoms with Gasteiger partial charge in [0.05, 0.1) is 18.0 Å². The van der Waals surface area contributed by atoms with Crippen molar-refractivity contribution >= 4 is 21.6 Å². The number of hydrogen-bond acceptors (Lipinski definition) is 4. The van der Waals surface area contributed by atoms with E-state index in [4.69, 9.17) is 4.74 Å². The minimum absolute atomic E-state index is 0.141. The van der Waals surface area contributed by atoms with Crippen LogP contribution in [0, 0.1) is 6.92 Å². The lowest BCUT2D eigenvalue weighted by Crippen LogP contribution is -2.28. The van der Waals surface area contributed by atoms with Crippen LogP contribution in [0.25, 0.3) is 0 Å². The molecule has 0 bridgehead atoms. The number of carbonyl (C=O) groups is 1. The lowest BCUT2D eigenvalue weighted by molar-refractivity contribution is 0.0935. The molecule has 0 fully saturated rings. The normalized spacial score (nSPS) is 12.1. The van der Waals surface area contributed by atoms with Gasteiger partial charge in [-0.15, -0.1) is 0 Å². The molecular formula is C24H26N2O4S. The van der Waals surface area contributed by atoms with Gasteiger partial charge in [0.2, 0.25) is 0 Å². The Morgan fingerprint density at radius 2 is 1.55 bits per heavy atom. The Hall–Kier alpha value is -3.32. The second-order valence-corrected chi connectivity index (χ2v) is 8.89. The van der Waals surface area contributed by atoms with Crippen molar-refractivity contribution in [2.24, 2.45) is 0 Å². The van der Waals surface area contributed by atoms with Crippen molar-refractivity contribution in [3.63, 3.8) is 0 Å². The van der Waals surface area contributed by atoms with Crippen LogP contribution in [0.1, 0.15) is 40.9 Å². The highest BCUT2D eigenvalue weighted by Crippen LogP contribution is 2.21.